The molecule has 0 bridgehead atoms. The van der Waals surface area contributed by atoms with Gasteiger partial charge in [0.25, 0.3) is 0 Å². The first-order chi connectivity index (χ1) is 3.27. The highest BCUT2D eigenvalue weighted by Gasteiger charge is 1.87. The second-order valence-corrected chi connectivity index (χ2v) is 2.44. The van der Waals surface area contributed by atoms with Crippen molar-refractivity contribution in [2.75, 3.05) is 12.2 Å². The minimum absolute atomic E-state index is 0.382. The van der Waals surface area contributed by atoms with Gasteiger partial charge >= 0.3 is 0 Å². The Morgan fingerprint density at radius 2 is 2.14 bits per heavy atom. The normalized spacial score (nSPS) is 10.3. The molecule has 0 aliphatic carbocycles. The molecule has 0 heterocycles. The first kappa shape index (κ1) is 7.31. The van der Waals surface area contributed by atoms with E-state index in [2.05, 4.69) is 0 Å². The average molecular weight is 120 g/mol. The molecule has 0 saturated heterocycles. The number of thioether (sulfide) groups is 1. The minimum atomic E-state index is 0.382. The van der Waals surface area contributed by atoms with Crippen LogP contribution >= 0.6 is 11.8 Å². The average Bonchev–Trinajstić information content (AvgIpc) is 1.61. The summed E-state index contributed by atoms with van der Waals surface area (Å²) in [6.45, 7) is 4.08. The van der Waals surface area contributed by atoms with Crippen LogP contribution in [0.5, 0.6) is 0 Å². The highest BCUT2D eigenvalue weighted by atomic mass is 32.2. The van der Waals surface area contributed by atoms with E-state index in [0.717, 1.165) is 5.94 Å². The Morgan fingerprint density at radius 1 is 1.57 bits per heavy atom. The number of hydrogen-bond acceptors (Lipinski definition) is 2. The number of hydrogen-bond donors (Lipinski definition) is 0. The van der Waals surface area contributed by atoms with Crippen molar-refractivity contribution in [2.45, 2.75) is 20.0 Å². The fourth-order valence-corrected chi connectivity index (χ4v) is 0.612. The molecule has 0 aliphatic rings. The Labute approximate surface area is 49.4 Å². The maximum atomic E-state index is 5.15. The molecule has 0 aliphatic heterocycles. The molecule has 0 aromatic carbocycles. The van der Waals surface area contributed by atoms with Gasteiger partial charge in [0.05, 0.1) is 12.0 Å². The lowest BCUT2D eigenvalue weighted by Crippen LogP contribution is -2.00. The van der Waals surface area contributed by atoms with Crippen LogP contribution in [-0.2, 0) is 4.74 Å². The van der Waals surface area contributed by atoms with Crippen LogP contribution in [0.1, 0.15) is 13.8 Å². The van der Waals surface area contributed by atoms with Crippen molar-refractivity contribution in [3.8, 4) is 0 Å². The summed E-state index contributed by atoms with van der Waals surface area (Å²) in [5.41, 5.74) is 0. The van der Waals surface area contributed by atoms with Crippen molar-refractivity contribution < 1.29 is 4.74 Å². The van der Waals surface area contributed by atoms with Crippen molar-refractivity contribution in [1.29, 1.82) is 0 Å². The summed E-state index contributed by atoms with van der Waals surface area (Å²) in [4.78, 5) is 0. The molecule has 0 aromatic heterocycles. The fraction of sp³-hybridized carbons (Fsp3) is 1.00. The highest BCUT2D eigenvalue weighted by molar-refractivity contribution is 7.98. The zero-order chi connectivity index (χ0) is 5.70. The summed E-state index contributed by atoms with van der Waals surface area (Å²) in [5.74, 6) is 0.817. The van der Waals surface area contributed by atoms with Gasteiger partial charge in [0.15, 0.2) is 0 Å². The Kier molecular flexibility index (Phi) is 4.67. The first-order valence-corrected chi connectivity index (χ1v) is 3.77. The highest BCUT2D eigenvalue weighted by Crippen LogP contribution is 1.95. The minimum Gasteiger partial charge on any atom is -0.368 e. The van der Waals surface area contributed by atoms with Gasteiger partial charge in [-0.1, -0.05) is 0 Å². The van der Waals surface area contributed by atoms with E-state index in [1.165, 1.54) is 0 Å². The Morgan fingerprint density at radius 3 is 2.29 bits per heavy atom. The van der Waals surface area contributed by atoms with E-state index in [1.807, 2.05) is 20.1 Å². The predicted octanol–water partition coefficient (Wildman–Crippen LogP) is 1.73. The van der Waals surface area contributed by atoms with Gasteiger partial charge in [-0.3, -0.25) is 0 Å². The lowest BCUT2D eigenvalue weighted by Gasteiger charge is -2.02. The van der Waals surface area contributed by atoms with Crippen LogP contribution in [0.15, 0.2) is 0 Å². The SMILES string of the molecule is CSCOC(C)C. The second kappa shape index (κ2) is 4.47. The monoisotopic (exact) mass is 120 g/mol. The maximum absolute atomic E-state index is 5.15. The van der Waals surface area contributed by atoms with Crippen LogP contribution in [0.3, 0.4) is 0 Å². The zero-order valence-corrected chi connectivity index (χ0v) is 5.92. The fourth-order valence-electron chi connectivity index (χ4n) is 0.204. The molecule has 0 rings (SSSR count). The molecule has 1 nitrogen and oxygen atoms in total. The Hall–Kier alpha value is 0.310. The molecular weight excluding hydrogens is 108 g/mol. The quantitative estimate of drug-likeness (QED) is 0.524. The molecule has 0 unspecified atom stereocenters. The van der Waals surface area contributed by atoms with Gasteiger partial charge in [-0.15, -0.1) is 11.8 Å². The summed E-state index contributed by atoms with van der Waals surface area (Å²) in [7, 11) is 0. The third-order valence-electron chi connectivity index (χ3n) is 0.519. The number of rotatable bonds is 3. The van der Waals surface area contributed by atoms with Crippen molar-refractivity contribution in [3.63, 3.8) is 0 Å². The van der Waals surface area contributed by atoms with E-state index >= 15 is 0 Å². The van der Waals surface area contributed by atoms with Gasteiger partial charge in [0.1, 0.15) is 0 Å². The Bertz CT molecular complexity index is 37.1. The molecule has 44 valence electrons. The molecule has 0 fully saturated rings. The molecule has 0 atom stereocenters. The Balaban J connectivity index is 2.68. The first-order valence-electron chi connectivity index (χ1n) is 2.38. The van der Waals surface area contributed by atoms with Crippen molar-refractivity contribution in [3.05, 3.63) is 0 Å². The number of ether oxygens (including phenoxy) is 1. The third-order valence-corrected chi connectivity index (χ3v) is 0.891. The maximum Gasteiger partial charge on any atom is 0.0921 e. The molecule has 0 N–H and O–H groups in total. The van der Waals surface area contributed by atoms with Crippen LogP contribution in [0.25, 0.3) is 0 Å². The van der Waals surface area contributed by atoms with E-state index in [4.69, 9.17) is 4.74 Å². The summed E-state index contributed by atoms with van der Waals surface area (Å²) in [6.07, 6.45) is 2.41. The van der Waals surface area contributed by atoms with Crippen LogP contribution in [0.4, 0.5) is 0 Å². The van der Waals surface area contributed by atoms with Crippen LogP contribution in [0.2, 0.25) is 0 Å². The van der Waals surface area contributed by atoms with Gasteiger partial charge in [0.2, 0.25) is 0 Å². The predicted molar refractivity (Wildman–Crippen MR) is 34.6 cm³/mol. The molecule has 0 spiro atoms. The van der Waals surface area contributed by atoms with Gasteiger partial charge < -0.3 is 4.74 Å². The standard InChI is InChI=1S/C5H12OS/c1-5(2)6-4-7-3/h5H,4H2,1-3H3. The molecule has 0 aromatic rings. The van der Waals surface area contributed by atoms with Crippen molar-refractivity contribution >= 4 is 11.8 Å². The van der Waals surface area contributed by atoms with Gasteiger partial charge in [-0.05, 0) is 20.1 Å². The molecule has 0 amide bonds. The molecule has 0 radical (unpaired) electrons. The molecule has 2 heteroatoms. The summed E-state index contributed by atoms with van der Waals surface area (Å²) in [6, 6.07) is 0. The van der Waals surface area contributed by atoms with Crippen molar-refractivity contribution in [2.24, 2.45) is 0 Å². The summed E-state index contributed by atoms with van der Waals surface area (Å²) < 4.78 is 5.15. The molecular formula is C5H12OS. The topological polar surface area (TPSA) is 9.23 Å². The summed E-state index contributed by atoms with van der Waals surface area (Å²) >= 11 is 1.71. The van der Waals surface area contributed by atoms with Crippen LogP contribution in [0, 0.1) is 0 Å². The molecule has 7 heavy (non-hydrogen) atoms. The third kappa shape index (κ3) is 6.31. The lowest BCUT2D eigenvalue weighted by atomic mass is 10.5. The van der Waals surface area contributed by atoms with Crippen LogP contribution < -0.4 is 0 Å². The van der Waals surface area contributed by atoms with E-state index in [-0.39, 0.29) is 0 Å². The lowest BCUT2D eigenvalue weighted by molar-refractivity contribution is 0.120. The van der Waals surface area contributed by atoms with E-state index in [9.17, 15) is 0 Å². The largest absolute Gasteiger partial charge is 0.368 e. The molecule has 0 saturated carbocycles. The zero-order valence-electron chi connectivity index (χ0n) is 5.10. The van der Waals surface area contributed by atoms with Gasteiger partial charge in [0, 0.05) is 0 Å². The van der Waals surface area contributed by atoms with Gasteiger partial charge in [-0.2, -0.15) is 0 Å². The van der Waals surface area contributed by atoms with E-state index in [0.29, 0.717) is 6.10 Å². The van der Waals surface area contributed by atoms with E-state index in [1.54, 1.807) is 11.8 Å². The second-order valence-electron chi connectivity index (χ2n) is 1.62. The summed E-state index contributed by atoms with van der Waals surface area (Å²) in [5, 5.41) is 0. The van der Waals surface area contributed by atoms with Crippen molar-refractivity contribution in [1.82, 2.24) is 0 Å². The van der Waals surface area contributed by atoms with Gasteiger partial charge in [-0.25, -0.2) is 0 Å². The smallest absolute Gasteiger partial charge is 0.0921 e. The van der Waals surface area contributed by atoms with Crippen LogP contribution in [-0.4, -0.2) is 18.3 Å². The van der Waals surface area contributed by atoms with E-state index < -0.39 is 0 Å².